The van der Waals surface area contributed by atoms with Gasteiger partial charge in [-0.1, -0.05) is 12.8 Å². The number of nitrogens with zero attached hydrogens (tertiary/aromatic N) is 2. The van der Waals surface area contributed by atoms with E-state index in [2.05, 4.69) is 21.6 Å². The number of hydrogen-bond donors (Lipinski definition) is 2. The number of aromatic nitrogens is 1. The molecule has 1 saturated heterocycles. The van der Waals surface area contributed by atoms with Crippen LogP contribution in [0.3, 0.4) is 0 Å². The standard InChI is InChI=1S/C28H39FN2O4S/c1-35-21-6-7-24-23(16-21)27(20(18-29)19-30-24)25(32)8-9-28(17-26(33)34)10-12-31(13-11-28)14-15-36-22-4-2-3-5-22/h6-7,16,19,22,25,32H,2-5,8-15,17-18H2,1H3,(H,33,34). The Labute approximate surface area is 217 Å². The Morgan fingerprint density at radius 2 is 2.06 bits per heavy atom. The molecule has 2 N–H and O–H groups in total. The summed E-state index contributed by atoms with van der Waals surface area (Å²) in [7, 11) is 1.57. The van der Waals surface area contributed by atoms with Gasteiger partial charge in [0.2, 0.25) is 0 Å². The van der Waals surface area contributed by atoms with Gasteiger partial charge >= 0.3 is 5.97 Å². The van der Waals surface area contributed by atoms with Crippen molar-refractivity contribution in [1.82, 2.24) is 9.88 Å². The number of ether oxygens (including phenoxy) is 1. The molecule has 2 aromatic rings. The summed E-state index contributed by atoms with van der Waals surface area (Å²) in [5, 5.41) is 22.4. The predicted octanol–water partition coefficient (Wildman–Crippen LogP) is 5.76. The van der Waals surface area contributed by atoms with Gasteiger partial charge in [0.15, 0.2) is 0 Å². The number of aliphatic hydroxyl groups excluding tert-OH is 1. The maximum Gasteiger partial charge on any atom is 0.303 e. The summed E-state index contributed by atoms with van der Waals surface area (Å²) in [6.45, 7) is 2.11. The normalized spacial score (nSPS) is 19.5. The minimum Gasteiger partial charge on any atom is -0.497 e. The fourth-order valence-corrected chi connectivity index (χ4v) is 7.30. The first kappa shape index (κ1) is 27.1. The second-order valence-corrected chi connectivity index (χ2v) is 11.9. The molecule has 1 atom stereocenters. The maximum atomic E-state index is 13.9. The number of piperidine rings is 1. The largest absolute Gasteiger partial charge is 0.497 e. The van der Waals surface area contributed by atoms with E-state index in [0.717, 1.165) is 43.5 Å². The molecule has 36 heavy (non-hydrogen) atoms. The Hall–Kier alpha value is -1.90. The van der Waals surface area contributed by atoms with Crippen molar-refractivity contribution in [3.8, 4) is 5.75 Å². The van der Waals surface area contributed by atoms with E-state index in [1.165, 1.54) is 31.9 Å². The van der Waals surface area contributed by atoms with Crippen LogP contribution in [0.15, 0.2) is 24.4 Å². The third-order valence-corrected chi connectivity index (χ3v) is 9.49. The minimum absolute atomic E-state index is 0.102. The van der Waals surface area contributed by atoms with Crippen molar-refractivity contribution in [2.45, 2.75) is 75.8 Å². The van der Waals surface area contributed by atoms with E-state index in [4.69, 9.17) is 4.74 Å². The van der Waals surface area contributed by atoms with Crippen LogP contribution in [0.4, 0.5) is 4.39 Å². The van der Waals surface area contributed by atoms with Crippen LogP contribution < -0.4 is 4.74 Å². The Morgan fingerprint density at radius 3 is 2.72 bits per heavy atom. The molecule has 0 radical (unpaired) electrons. The maximum absolute atomic E-state index is 13.9. The molecule has 1 saturated carbocycles. The molecule has 1 aromatic carbocycles. The van der Waals surface area contributed by atoms with Gasteiger partial charge in [-0.15, -0.1) is 0 Å². The Kier molecular flexibility index (Phi) is 9.47. The summed E-state index contributed by atoms with van der Waals surface area (Å²) >= 11 is 2.09. The fraction of sp³-hybridized carbons (Fsp3) is 0.643. The average Bonchev–Trinajstić information content (AvgIpc) is 3.40. The molecule has 8 heteroatoms. The first-order valence-corrected chi connectivity index (χ1v) is 14.2. The second-order valence-electron chi connectivity index (χ2n) is 10.5. The highest BCUT2D eigenvalue weighted by atomic mass is 32.2. The number of aliphatic carboxylic acids is 1. The molecular formula is C28H39FN2O4S. The smallest absolute Gasteiger partial charge is 0.303 e. The lowest BCUT2D eigenvalue weighted by Crippen LogP contribution is -2.42. The highest BCUT2D eigenvalue weighted by Crippen LogP contribution is 2.42. The first-order chi connectivity index (χ1) is 17.4. The van der Waals surface area contributed by atoms with Crippen LogP contribution in [0.5, 0.6) is 5.75 Å². The lowest BCUT2D eigenvalue weighted by molar-refractivity contribution is -0.141. The van der Waals surface area contributed by atoms with E-state index < -0.39 is 18.7 Å². The third-order valence-electron chi connectivity index (χ3n) is 8.13. The van der Waals surface area contributed by atoms with Crippen molar-refractivity contribution >= 4 is 28.6 Å². The monoisotopic (exact) mass is 518 g/mol. The van der Waals surface area contributed by atoms with Crippen LogP contribution in [-0.2, 0) is 11.5 Å². The van der Waals surface area contributed by atoms with Crippen molar-refractivity contribution in [2.75, 3.05) is 32.5 Å². The zero-order chi connectivity index (χ0) is 25.5. The Morgan fingerprint density at radius 1 is 1.31 bits per heavy atom. The SMILES string of the molecule is COc1ccc2ncc(CF)c(C(O)CCC3(CC(=O)O)CCN(CCSC4CCCC4)CC3)c2c1. The number of aliphatic hydroxyl groups is 1. The Balaban J connectivity index is 1.41. The highest BCUT2D eigenvalue weighted by Gasteiger charge is 2.37. The van der Waals surface area contributed by atoms with Gasteiger partial charge in [-0.05, 0) is 80.8 Å². The van der Waals surface area contributed by atoms with Crippen molar-refractivity contribution in [3.63, 3.8) is 0 Å². The second kappa shape index (κ2) is 12.6. The van der Waals surface area contributed by atoms with E-state index in [1.54, 1.807) is 25.3 Å². The number of pyridine rings is 1. The highest BCUT2D eigenvalue weighted by molar-refractivity contribution is 7.99. The number of carbonyl (C=O) groups is 1. The number of carboxylic acids is 1. The quantitative estimate of drug-likeness (QED) is 0.370. The molecule has 2 heterocycles. The molecule has 2 aliphatic rings. The van der Waals surface area contributed by atoms with Crippen LogP contribution in [0, 0.1) is 5.41 Å². The van der Waals surface area contributed by atoms with Gasteiger partial charge in [0, 0.05) is 34.7 Å². The number of carboxylic acid groups (broad SMARTS) is 1. The summed E-state index contributed by atoms with van der Waals surface area (Å²) in [5.74, 6) is 0.965. The molecule has 2 fully saturated rings. The summed E-state index contributed by atoms with van der Waals surface area (Å²) in [5.41, 5.74) is 1.22. The van der Waals surface area contributed by atoms with E-state index in [-0.39, 0.29) is 11.8 Å². The molecule has 1 aliphatic carbocycles. The number of rotatable bonds is 12. The van der Waals surface area contributed by atoms with Gasteiger partial charge in [-0.2, -0.15) is 11.8 Å². The van der Waals surface area contributed by atoms with E-state index >= 15 is 0 Å². The number of hydrogen-bond acceptors (Lipinski definition) is 6. The predicted molar refractivity (Wildman–Crippen MR) is 142 cm³/mol. The molecule has 0 amide bonds. The number of methoxy groups -OCH3 is 1. The number of benzene rings is 1. The summed E-state index contributed by atoms with van der Waals surface area (Å²) in [4.78, 5) is 18.6. The van der Waals surface area contributed by atoms with Crippen molar-refractivity contribution in [3.05, 3.63) is 35.5 Å². The molecule has 0 spiro atoms. The van der Waals surface area contributed by atoms with Crippen LogP contribution in [-0.4, -0.2) is 63.8 Å². The molecule has 198 valence electrons. The van der Waals surface area contributed by atoms with Crippen molar-refractivity contribution in [1.29, 1.82) is 0 Å². The number of thioether (sulfide) groups is 1. The van der Waals surface area contributed by atoms with E-state index in [9.17, 15) is 19.4 Å². The molecule has 4 rings (SSSR count). The zero-order valence-electron chi connectivity index (χ0n) is 21.3. The van der Waals surface area contributed by atoms with Gasteiger partial charge in [-0.3, -0.25) is 9.78 Å². The van der Waals surface area contributed by atoms with Crippen LogP contribution in [0.25, 0.3) is 10.9 Å². The van der Waals surface area contributed by atoms with Crippen LogP contribution in [0.1, 0.15) is 75.0 Å². The van der Waals surface area contributed by atoms with Crippen molar-refractivity contribution < 1.29 is 24.1 Å². The molecular weight excluding hydrogens is 479 g/mol. The van der Waals surface area contributed by atoms with Gasteiger partial charge in [-0.25, -0.2) is 4.39 Å². The number of likely N-dealkylation sites (tertiary alicyclic amines) is 1. The molecule has 1 aromatic heterocycles. The average molecular weight is 519 g/mol. The lowest BCUT2D eigenvalue weighted by atomic mass is 9.71. The van der Waals surface area contributed by atoms with Crippen LogP contribution >= 0.6 is 11.8 Å². The van der Waals surface area contributed by atoms with Crippen molar-refractivity contribution in [2.24, 2.45) is 5.41 Å². The Bertz CT molecular complexity index is 1020. The van der Waals surface area contributed by atoms with E-state index in [1.807, 2.05) is 0 Å². The first-order valence-electron chi connectivity index (χ1n) is 13.2. The zero-order valence-corrected chi connectivity index (χ0v) is 22.1. The van der Waals surface area contributed by atoms with Crippen LogP contribution in [0.2, 0.25) is 0 Å². The number of fused-ring (bicyclic) bond motifs is 1. The van der Waals surface area contributed by atoms with E-state index in [0.29, 0.717) is 40.6 Å². The number of alkyl halides is 1. The number of halogens is 1. The molecule has 6 nitrogen and oxygen atoms in total. The summed E-state index contributed by atoms with van der Waals surface area (Å²) in [6.07, 6.45) is 8.69. The molecule has 1 aliphatic heterocycles. The summed E-state index contributed by atoms with van der Waals surface area (Å²) in [6, 6.07) is 5.39. The van der Waals surface area contributed by atoms with Gasteiger partial charge in [0.05, 0.1) is 25.2 Å². The van der Waals surface area contributed by atoms with Gasteiger partial charge in [0.1, 0.15) is 12.4 Å². The van der Waals surface area contributed by atoms with Gasteiger partial charge < -0.3 is 19.8 Å². The fourth-order valence-electron chi connectivity index (χ4n) is 5.94. The minimum atomic E-state index is -0.903. The van der Waals surface area contributed by atoms with Gasteiger partial charge in [0.25, 0.3) is 0 Å². The topological polar surface area (TPSA) is 82.9 Å². The lowest BCUT2D eigenvalue weighted by Gasteiger charge is -2.41. The molecule has 1 unspecified atom stereocenters. The summed E-state index contributed by atoms with van der Waals surface area (Å²) < 4.78 is 19.2. The molecule has 0 bridgehead atoms. The third kappa shape index (κ3) is 6.69.